The Labute approximate surface area is 157 Å². The number of hydrogen-bond acceptors (Lipinski definition) is 3. The molecule has 0 aliphatic rings. The fourth-order valence-corrected chi connectivity index (χ4v) is 4.42. The van der Waals surface area contributed by atoms with Gasteiger partial charge in [-0.25, -0.2) is 0 Å². The van der Waals surface area contributed by atoms with Gasteiger partial charge in [0.1, 0.15) is 5.75 Å². The van der Waals surface area contributed by atoms with E-state index in [0.717, 1.165) is 33.7 Å². The van der Waals surface area contributed by atoms with Gasteiger partial charge in [-0.2, -0.15) is 4.99 Å². The molecular formula is C21H24N2O2S. The van der Waals surface area contributed by atoms with E-state index in [1.165, 1.54) is 15.8 Å². The van der Waals surface area contributed by atoms with E-state index in [2.05, 4.69) is 42.5 Å². The molecule has 136 valence electrons. The summed E-state index contributed by atoms with van der Waals surface area (Å²) in [5.74, 6) is 0.572. The van der Waals surface area contributed by atoms with Gasteiger partial charge in [0.25, 0.3) is 5.91 Å². The molecule has 0 atom stereocenters. The average molecular weight is 369 g/mol. The Kier molecular flexibility index (Phi) is 5.28. The van der Waals surface area contributed by atoms with E-state index in [0.29, 0.717) is 0 Å². The number of benzene rings is 2. The Balaban J connectivity index is 2.04. The lowest BCUT2D eigenvalue weighted by molar-refractivity contribution is -0.117. The smallest absolute Gasteiger partial charge is 0.252 e. The minimum atomic E-state index is -0.156. The number of ether oxygens (including phenoxy) is 1. The van der Waals surface area contributed by atoms with Crippen LogP contribution in [0.1, 0.15) is 29.2 Å². The number of thiazole rings is 1. The van der Waals surface area contributed by atoms with Crippen LogP contribution in [0.4, 0.5) is 0 Å². The number of carbonyl (C=O) groups excluding carboxylic acids is 1. The Morgan fingerprint density at radius 2 is 1.92 bits per heavy atom. The molecule has 0 aliphatic carbocycles. The van der Waals surface area contributed by atoms with Crippen molar-refractivity contribution >= 4 is 27.5 Å². The highest BCUT2D eigenvalue weighted by Gasteiger charge is 2.12. The van der Waals surface area contributed by atoms with Crippen LogP contribution in [0.15, 0.2) is 35.3 Å². The molecule has 0 bridgehead atoms. The largest absolute Gasteiger partial charge is 0.496 e. The lowest BCUT2D eigenvalue weighted by Gasteiger charge is -2.07. The van der Waals surface area contributed by atoms with Crippen LogP contribution >= 0.6 is 11.3 Å². The van der Waals surface area contributed by atoms with Crippen LogP contribution in [0, 0.1) is 20.8 Å². The quantitative estimate of drug-likeness (QED) is 0.688. The monoisotopic (exact) mass is 368 g/mol. The number of aryl methyl sites for hydroxylation is 4. The van der Waals surface area contributed by atoms with E-state index in [1.807, 2.05) is 25.1 Å². The van der Waals surface area contributed by atoms with Gasteiger partial charge in [0, 0.05) is 12.1 Å². The summed E-state index contributed by atoms with van der Waals surface area (Å²) in [6.45, 7) is 9.07. The van der Waals surface area contributed by atoms with Crippen LogP contribution in [0.3, 0.4) is 0 Å². The standard InChI is InChI=1S/C21H24N2O2S/c1-6-23-17-11-14(3)9-15(4)20(17)26-21(23)22-19(24)12-16-10-13(2)7-8-18(16)25-5/h7-11H,6,12H2,1-5H3. The number of amides is 1. The van der Waals surface area contributed by atoms with Gasteiger partial charge in [0.15, 0.2) is 4.80 Å². The Bertz CT molecular complexity index is 1040. The summed E-state index contributed by atoms with van der Waals surface area (Å²) in [5.41, 5.74) is 5.57. The number of aromatic nitrogens is 1. The molecule has 2 aromatic carbocycles. The normalized spacial score (nSPS) is 12.0. The molecule has 0 spiro atoms. The third kappa shape index (κ3) is 3.58. The summed E-state index contributed by atoms with van der Waals surface area (Å²) in [5, 5.41) is 0. The van der Waals surface area contributed by atoms with Crippen LogP contribution in [0.5, 0.6) is 5.75 Å². The van der Waals surface area contributed by atoms with E-state index in [1.54, 1.807) is 18.4 Å². The van der Waals surface area contributed by atoms with Gasteiger partial charge in [0.05, 0.1) is 23.7 Å². The first-order chi connectivity index (χ1) is 12.4. The molecule has 1 amide bonds. The van der Waals surface area contributed by atoms with Crippen LogP contribution < -0.4 is 9.54 Å². The van der Waals surface area contributed by atoms with E-state index in [4.69, 9.17) is 4.74 Å². The van der Waals surface area contributed by atoms with Crippen LogP contribution in [0.2, 0.25) is 0 Å². The van der Waals surface area contributed by atoms with Gasteiger partial charge in [0.2, 0.25) is 0 Å². The molecule has 4 nitrogen and oxygen atoms in total. The fourth-order valence-electron chi connectivity index (χ4n) is 3.26. The summed E-state index contributed by atoms with van der Waals surface area (Å²) in [6.07, 6.45) is 0.237. The van der Waals surface area contributed by atoms with Gasteiger partial charge in [-0.3, -0.25) is 4.79 Å². The molecule has 5 heteroatoms. The van der Waals surface area contributed by atoms with E-state index < -0.39 is 0 Å². The molecule has 0 aliphatic heterocycles. The topological polar surface area (TPSA) is 43.6 Å². The van der Waals surface area contributed by atoms with Gasteiger partial charge >= 0.3 is 0 Å². The third-order valence-corrected chi connectivity index (χ3v) is 5.66. The van der Waals surface area contributed by atoms with Crippen molar-refractivity contribution in [2.75, 3.05) is 7.11 Å². The zero-order valence-corrected chi connectivity index (χ0v) is 16.7. The van der Waals surface area contributed by atoms with E-state index >= 15 is 0 Å². The second kappa shape index (κ2) is 7.46. The summed E-state index contributed by atoms with van der Waals surface area (Å²) in [7, 11) is 1.62. The van der Waals surface area contributed by atoms with Crippen molar-refractivity contribution < 1.29 is 9.53 Å². The second-order valence-electron chi connectivity index (χ2n) is 6.56. The highest BCUT2D eigenvalue weighted by molar-refractivity contribution is 7.16. The predicted octanol–water partition coefficient (Wildman–Crippen LogP) is 4.33. The van der Waals surface area contributed by atoms with E-state index in [9.17, 15) is 4.79 Å². The molecule has 1 aromatic heterocycles. The predicted molar refractivity (Wildman–Crippen MR) is 107 cm³/mol. The average Bonchev–Trinajstić information content (AvgIpc) is 2.92. The fraction of sp³-hybridized carbons (Fsp3) is 0.333. The summed E-state index contributed by atoms with van der Waals surface area (Å²) >= 11 is 1.58. The van der Waals surface area contributed by atoms with Gasteiger partial charge < -0.3 is 9.30 Å². The van der Waals surface area contributed by atoms with E-state index in [-0.39, 0.29) is 12.3 Å². The number of fused-ring (bicyclic) bond motifs is 1. The maximum absolute atomic E-state index is 12.6. The highest BCUT2D eigenvalue weighted by Crippen LogP contribution is 2.24. The summed E-state index contributed by atoms with van der Waals surface area (Å²) in [4.78, 5) is 17.8. The van der Waals surface area contributed by atoms with Crippen molar-refractivity contribution in [2.45, 2.75) is 40.7 Å². The van der Waals surface area contributed by atoms with Gasteiger partial charge in [-0.1, -0.05) is 35.1 Å². The molecule has 0 N–H and O–H groups in total. The van der Waals surface area contributed by atoms with Crippen LogP contribution in [0.25, 0.3) is 10.2 Å². The minimum absolute atomic E-state index is 0.156. The lowest BCUT2D eigenvalue weighted by atomic mass is 10.1. The van der Waals surface area contributed by atoms with Crippen molar-refractivity contribution in [3.05, 3.63) is 57.4 Å². The third-order valence-electron chi connectivity index (χ3n) is 4.43. The van der Waals surface area contributed by atoms with Crippen LogP contribution in [-0.2, 0) is 17.8 Å². The molecule has 3 rings (SSSR count). The number of rotatable bonds is 4. The first-order valence-electron chi connectivity index (χ1n) is 8.74. The number of methoxy groups -OCH3 is 1. The van der Waals surface area contributed by atoms with Crippen molar-refractivity contribution in [3.63, 3.8) is 0 Å². The zero-order chi connectivity index (χ0) is 18.8. The Morgan fingerprint density at radius 1 is 1.15 bits per heavy atom. The lowest BCUT2D eigenvalue weighted by Crippen LogP contribution is -2.16. The highest BCUT2D eigenvalue weighted by atomic mass is 32.1. The minimum Gasteiger partial charge on any atom is -0.496 e. The maximum Gasteiger partial charge on any atom is 0.252 e. The second-order valence-corrected chi connectivity index (χ2v) is 7.53. The molecular weight excluding hydrogens is 344 g/mol. The Morgan fingerprint density at radius 3 is 2.62 bits per heavy atom. The first kappa shape index (κ1) is 18.4. The van der Waals surface area contributed by atoms with Gasteiger partial charge in [-0.05, 0) is 51.0 Å². The molecule has 0 radical (unpaired) electrons. The summed E-state index contributed by atoms with van der Waals surface area (Å²) in [6, 6.07) is 10.2. The summed E-state index contributed by atoms with van der Waals surface area (Å²) < 4.78 is 8.68. The van der Waals surface area contributed by atoms with Crippen molar-refractivity contribution in [3.8, 4) is 5.75 Å². The number of hydrogen-bond donors (Lipinski definition) is 0. The molecule has 1 heterocycles. The molecule has 0 unspecified atom stereocenters. The number of carbonyl (C=O) groups is 1. The first-order valence-corrected chi connectivity index (χ1v) is 9.56. The molecule has 0 saturated heterocycles. The van der Waals surface area contributed by atoms with Crippen molar-refractivity contribution in [1.29, 1.82) is 0 Å². The zero-order valence-electron chi connectivity index (χ0n) is 15.9. The van der Waals surface area contributed by atoms with Crippen molar-refractivity contribution in [1.82, 2.24) is 4.57 Å². The Hall–Kier alpha value is -2.40. The van der Waals surface area contributed by atoms with Gasteiger partial charge in [-0.15, -0.1) is 0 Å². The molecule has 3 aromatic rings. The SMILES string of the molecule is CCn1c(=NC(=O)Cc2cc(C)ccc2OC)sc2c(C)cc(C)cc21. The molecule has 0 saturated carbocycles. The molecule has 26 heavy (non-hydrogen) atoms. The number of nitrogens with zero attached hydrogens (tertiary/aromatic N) is 2. The maximum atomic E-state index is 12.6. The molecule has 0 fully saturated rings. The van der Waals surface area contributed by atoms with Crippen molar-refractivity contribution in [2.24, 2.45) is 4.99 Å². The van der Waals surface area contributed by atoms with Crippen LogP contribution in [-0.4, -0.2) is 17.6 Å².